The van der Waals surface area contributed by atoms with Crippen LogP contribution in [0.25, 0.3) is 22.5 Å². The molecular weight excluding hydrogens is 388 g/mol. The van der Waals surface area contributed by atoms with Crippen LogP contribution in [-0.4, -0.2) is 35.4 Å². The highest BCUT2D eigenvalue weighted by molar-refractivity contribution is 5.80. The van der Waals surface area contributed by atoms with Crippen LogP contribution in [0.3, 0.4) is 0 Å². The summed E-state index contributed by atoms with van der Waals surface area (Å²) >= 11 is 0. The van der Waals surface area contributed by atoms with Crippen molar-refractivity contribution in [1.82, 2.24) is 35.4 Å². The summed E-state index contributed by atoms with van der Waals surface area (Å²) in [6, 6.07) is 15.7. The maximum Gasteiger partial charge on any atom is 0.299 e. The predicted molar refractivity (Wildman–Crippen MR) is 108 cm³/mol. The van der Waals surface area contributed by atoms with E-state index in [1.165, 1.54) is 0 Å². The van der Waals surface area contributed by atoms with Crippen LogP contribution < -0.4 is 0 Å². The van der Waals surface area contributed by atoms with Gasteiger partial charge in [0.2, 0.25) is 11.6 Å². The SMILES string of the molecule is CCCCc1nc(C(F)F)nn1Cc1ccc(-c2ccccc2-c2nn[nH]n2)cc1. The lowest BCUT2D eigenvalue weighted by atomic mass is 9.98. The van der Waals surface area contributed by atoms with Crippen molar-refractivity contribution in [3.05, 3.63) is 65.7 Å². The molecule has 154 valence electrons. The van der Waals surface area contributed by atoms with Crippen LogP contribution in [0.2, 0.25) is 0 Å². The number of nitrogens with one attached hydrogen (secondary N) is 1. The fourth-order valence-electron chi connectivity index (χ4n) is 3.30. The molecule has 2 aromatic carbocycles. The van der Waals surface area contributed by atoms with Gasteiger partial charge in [0.15, 0.2) is 0 Å². The average Bonchev–Trinajstić information content (AvgIpc) is 3.43. The zero-order valence-corrected chi connectivity index (χ0v) is 16.5. The van der Waals surface area contributed by atoms with E-state index in [-0.39, 0.29) is 0 Å². The van der Waals surface area contributed by atoms with E-state index >= 15 is 0 Å². The van der Waals surface area contributed by atoms with Crippen LogP contribution in [0.1, 0.15) is 43.4 Å². The maximum absolute atomic E-state index is 13.1. The van der Waals surface area contributed by atoms with Crippen LogP contribution in [0, 0.1) is 0 Å². The Bertz CT molecular complexity index is 1090. The van der Waals surface area contributed by atoms with Crippen molar-refractivity contribution < 1.29 is 8.78 Å². The number of rotatable bonds is 8. The Morgan fingerprint density at radius 2 is 1.80 bits per heavy atom. The minimum Gasteiger partial charge on any atom is -0.245 e. The number of aromatic nitrogens is 7. The van der Waals surface area contributed by atoms with Gasteiger partial charge >= 0.3 is 0 Å². The average molecular weight is 409 g/mol. The van der Waals surface area contributed by atoms with Gasteiger partial charge in [-0.25, -0.2) is 18.4 Å². The molecule has 30 heavy (non-hydrogen) atoms. The smallest absolute Gasteiger partial charge is 0.245 e. The Morgan fingerprint density at radius 1 is 1.03 bits per heavy atom. The number of aryl methyl sites for hydroxylation is 1. The zero-order valence-electron chi connectivity index (χ0n) is 16.5. The molecule has 0 unspecified atom stereocenters. The topological polar surface area (TPSA) is 85.2 Å². The summed E-state index contributed by atoms with van der Waals surface area (Å²) in [5, 5.41) is 18.3. The van der Waals surface area contributed by atoms with Crippen molar-refractivity contribution in [2.45, 2.75) is 39.2 Å². The normalized spacial score (nSPS) is 11.3. The van der Waals surface area contributed by atoms with Crippen molar-refractivity contribution in [1.29, 1.82) is 0 Å². The van der Waals surface area contributed by atoms with Crippen molar-refractivity contribution in [2.24, 2.45) is 0 Å². The Balaban J connectivity index is 1.59. The first-order valence-corrected chi connectivity index (χ1v) is 9.79. The second-order valence-corrected chi connectivity index (χ2v) is 6.93. The summed E-state index contributed by atoms with van der Waals surface area (Å²) in [5.41, 5.74) is 3.81. The van der Waals surface area contributed by atoms with Crippen LogP contribution in [0.4, 0.5) is 8.78 Å². The Hall–Kier alpha value is -3.49. The first kappa shape index (κ1) is 19.8. The van der Waals surface area contributed by atoms with Crippen LogP contribution in [0.15, 0.2) is 48.5 Å². The van der Waals surface area contributed by atoms with Crippen LogP contribution >= 0.6 is 0 Å². The Morgan fingerprint density at radius 3 is 2.47 bits per heavy atom. The molecule has 2 aromatic heterocycles. The quantitative estimate of drug-likeness (QED) is 0.465. The third-order valence-electron chi connectivity index (χ3n) is 4.82. The van der Waals surface area contributed by atoms with Crippen molar-refractivity contribution in [2.75, 3.05) is 0 Å². The lowest BCUT2D eigenvalue weighted by Gasteiger charge is -2.09. The molecule has 4 rings (SSSR count). The maximum atomic E-state index is 13.1. The van der Waals surface area contributed by atoms with Gasteiger partial charge in [-0.1, -0.05) is 61.9 Å². The molecule has 0 amide bonds. The van der Waals surface area contributed by atoms with Gasteiger partial charge in [-0.2, -0.15) is 5.21 Å². The number of halogens is 2. The molecule has 0 spiro atoms. The molecule has 0 aliphatic rings. The standard InChI is InChI=1S/C21H21F2N7/c1-2-3-8-18-24-21(19(22)23)27-30(18)13-14-9-11-15(12-10-14)16-6-4-5-7-17(16)20-25-28-29-26-20/h4-7,9-12,19H,2-3,8,13H2,1H3,(H,25,26,28,29). The minimum absolute atomic E-state index is 0.394. The number of aromatic amines is 1. The first-order valence-electron chi connectivity index (χ1n) is 9.79. The monoisotopic (exact) mass is 409 g/mol. The molecule has 0 radical (unpaired) electrons. The lowest BCUT2D eigenvalue weighted by molar-refractivity contribution is 0.140. The van der Waals surface area contributed by atoms with Gasteiger partial charge < -0.3 is 0 Å². The van der Waals surface area contributed by atoms with E-state index in [0.29, 0.717) is 24.6 Å². The van der Waals surface area contributed by atoms with Crippen molar-refractivity contribution in [3.63, 3.8) is 0 Å². The highest BCUT2D eigenvalue weighted by atomic mass is 19.3. The van der Waals surface area contributed by atoms with Gasteiger partial charge in [-0.15, -0.1) is 15.3 Å². The van der Waals surface area contributed by atoms with Crippen molar-refractivity contribution in [3.8, 4) is 22.5 Å². The second kappa shape index (κ2) is 8.89. The fraction of sp³-hybridized carbons (Fsp3) is 0.286. The highest BCUT2D eigenvalue weighted by Crippen LogP contribution is 2.29. The number of tetrazole rings is 1. The van der Waals surface area contributed by atoms with E-state index in [9.17, 15) is 8.78 Å². The molecule has 0 fully saturated rings. The van der Waals surface area contributed by atoms with Crippen LogP contribution in [0.5, 0.6) is 0 Å². The van der Waals surface area contributed by atoms with E-state index < -0.39 is 12.2 Å². The van der Waals surface area contributed by atoms with Gasteiger partial charge in [-0.05, 0) is 28.3 Å². The van der Waals surface area contributed by atoms with Gasteiger partial charge in [0.05, 0.1) is 6.54 Å². The molecule has 9 heteroatoms. The summed E-state index contributed by atoms with van der Waals surface area (Å²) in [6.45, 7) is 2.45. The number of nitrogens with zero attached hydrogens (tertiary/aromatic N) is 6. The lowest BCUT2D eigenvalue weighted by Crippen LogP contribution is -2.07. The summed E-state index contributed by atoms with van der Waals surface area (Å²) in [4.78, 5) is 4.03. The Kier molecular flexibility index (Phi) is 5.87. The zero-order chi connectivity index (χ0) is 20.9. The number of hydrogen-bond donors (Lipinski definition) is 1. The molecule has 0 aliphatic heterocycles. The Labute approximate surface area is 172 Å². The third kappa shape index (κ3) is 4.24. The van der Waals surface area contributed by atoms with E-state index in [0.717, 1.165) is 35.1 Å². The van der Waals surface area contributed by atoms with Gasteiger partial charge in [0.1, 0.15) is 5.82 Å². The van der Waals surface area contributed by atoms with E-state index in [2.05, 4.69) is 37.6 Å². The van der Waals surface area contributed by atoms with Gasteiger partial charge in [-0.3, -0.25) is 0 Å². The molecule has 2 heterocycles. The molecular formula is C21H21F2N7. The predicted octanol–water partition coefficient (Wildman–Crippen LogP) is 4.45. The second-order valence-electron chi connectivity index (χ2n) is 6.93. The fourth-order valence-corrected chi connectivity index (χ4v) is 3.30. The molecule has 0 saturated heterocycles. The third-order valence-corrected chi connectivity index (χ3v) is 4.82. The van der Waals surface area contributed by atoms with Gasteiger partial charge in [0.25, 0.3) is 6.43 Å². The largest absolute Gasteiger partial charge is 0.299 e. The van der Waals surface area contributed by atoms with Crippen LogP contribution in [-0.2, 0) is 13.0 Å². The summed E-state index contributed by atoms with van der Waals surface area (Å²) in [5.74, 6) is 0.711. The number of unbranched alkanes of at least 4 members (excludes halogenated alkanes) is 1. The van der Waals surface area contributed by atoms with E-state index in [1.807, 2.05) is 48.5 Å². The molecule has 0 aliphatic carbocycles. The summed E-state index contributed by atoms with van der Waals surface area (Å²) < 4.78 is 27.7. The summed E-state index contributed by atoms with van der Waals surface area (Å²) in [6.07, 6.45) is -0.194. The molecule has 0 bridgehead atoms. The first-order chi connectivity index (χ1) is 14.7. The molecule has 7 nitrogen and oxygen atoms in total. The molecule has 4 aromatic rings. The molecule has 0 saturated carbocycles. The van der Waals surface area contributed by atoms with Crippen molar-refractivity contribution >= 4 is 0 Å². The number of alkyl halides is 2. The van der Waals surface area contributed by atoms with E-state index in [4.69, 9.17) is 0 Å². The number of H-pyrrole nitrogens is 1. The molecule has 1 N–H and O–H groups in total. The molecule has 0 atom stereocenters. The number of benzene rings is 2. The van der Waals surface area contributed by atoms with Gasteiger partial charge in [0, 0.05) is 12.0 Å². The highest BCUT2D eigenvalue weighted by Gasteiger charge is 2.17. The number of hydrogen-bond acceptors (Lipinski definition) is 5. The summed E-state index contributed by atoms with van der Waals surface area (Å²) in [7, 11) is 0. The van der Waals surface area contributed by atoms with E-state index in [1.54, 1.807) is 4.68 Å². The minimum atomic E-state index is -2.67.